The highest BCUT2D eigenvalue weighted by Gasteiger charge is 2.31. The molecule has 0 aromatic heterocycles. The summed E-state index contributed by atoms with van der Waals surface area (Å²) in [4.78, 5) is 42.1. The number of piperazine rings is 1. The van der Waals surface area contributed by atoms with Gasteiger partial charge in [-0.3, -0.25) is 19.3 Å². The van der Waals surface area contributed by atoms with Crippen LogP contribution in [0.15, 0.2) is 54.2 Å². The minimum Gasteiger partial charge on any atom is -0.494 e. The minimum atomic E-state index is -0.488. The topological polar surface area (TPSA) is 102 Å². The summed E-state index contributed by atoms with van der Waals surface area (Å²) in [5.74, 6) is -0.208. The summed E-state index contributed by atoms with van der Waals surface area (Å²) in [6.07, 6.45) is 2.14. The first kappa shape index (κ1) is 25.5. The van der Waals surface area contributed by atoms with E-state index in [0.29, 0.717) is 49.1 Å². The second-order valence-electron chi connectivity index (χ2n) is 8.52. The molecule has 2 aliphatic rings. The smallest absolute Gasteiger partial charge is 0.277 e. The normalized spacial score (nSPS) is 15.9. The number of nitrogens with one attached hydrogen (secondary N) is 1. The Morgan fingerprint density at radius 2 is 1.81 bits per heavy atom. The van der Waals surface area contributed by atoms with Gasteiger partial charge in [0.05, 0.1) is 30.5 Å². The van der Waals surface area contributed by atoms with Gasteiger partial charge in [0.25, 0.3) is 17.7 Å². The highest BCUT2D eigenvalue weighted by Crippen LogP contribution is 2.31. The van der Waals surface area contributed by atoms with Gasteiger partial charge in [-0.25, -0.2) is 0 Å². The van der Waals surface area contributed by atoms with E-state index in [1.165, 1.54) is 6.08 Å². The molecule has 9 nitrogen and oxygen atoms in total. The fourth-order valence-corrected chi connectivity index (χ4v) is 4.45. The molecule has 2 heterocycles. The zero-order valence-corrected chi connectivity index (χ0v) is 20.8. The fourth-order valence-electron chi connectivity index (χ4n) is 4.15. The van der Waals surface area contributed by atoms with Gasteiger partial charge in [0.15, 0.2) is 0 Å². The molecule has 36 heavy (non-hydrogen) atoms. The van der Waals surface area contributed by atoms with E-state index >= 15 is 0 Å². The molecule has 0 bridgehead atoms. The number of amides is 3. The summed E-state index contributed by atoms with van der Waals surface area (Å²) >= 11 is 6.55. The van der Waals surface area contributed by atoms with Crippen molar-refractivity contribution < 1.29 is 24.2 Å². The van der Waals surface area contributed by atoms with Crippen LogP contribution in [0.3, 0.4) is 0 Å². The second kappa shape index (κ2) is 11.5. The highest BCUT2D eigenvalue weighted by molar-refractivity contribution is 6.33. The molecule has 1 saturated heterocycles. The van der Waals surface area contributed by atoms with Crippen LogP contribution in [0.4, 0.5) is 11.4 Å². The third kappa shape index (κ3) is 5.63. The number of ether oxygens (including phenoxy) is 1. The second-order valence-corrected chi connectivity index (χ2v) is 8.93. The molecule has 0 radical (unpaired) electrons. The third-order valence-electron chi connectivity index (χ3n) is 6.04. The Morgan fingerprint density at radius 3 is 2.44 bits per heavy atom. The number of β-amino-alcohol motifs (C(OH)–C–C–N with tert-alkyl or cyclic N) is 1. The lowest BCUT2D eigenvalue weighted by atomic mass is 10.1. The fraction of sp³-hybridized carbons (Fsp3) is 0.346. The van der Waals surface area contributed by atoms with Crippen LogP contribution in [0.25, 0.3) is 0 Å². The summed E-state index contributed by atoms with van der Waals surface area (Å²) in [5.41, 5.74) is 2.17. The van der Waals surface area contributed by atoms with Crippen molar-refractivity contribution in [2.45, 2.75) is 13.3 Å². The Morgan fingerprint density at radius 1 is 1.08 bits per heavy atom. The zero-order chi connectivity index (χ0) is 25.7. The number of anilines is 2. The molecule has 190 valence electrons. The van der Waals surface area contributed by atoms with Crippen molar-refractivity contribution in [2.24, 2.45) is 0 Å². The molecule has 2 aromatic carbocycles. The van der Waals surface area contributed by atoms with Crippen LogP contribution in [-0.2, 0) is 9.59 Å². The van der Waals surface area contributed by atoms with Gasteiger partial charge < -0.3 is 25.0 Å². The molecule has 10 heteroatoms. The molecule has 0 spiro atoms. The Hall–Kier alpha value is -3.56. The lowest BCUT2D eigenvalue weighted by Gasteiger charge is -2.36. The molecule has 0 atom stereocenters. The van der Waals surface area contributed by atoms with Gasteiger partial charge >= 0.3 is 0 Å². The average molecular weight is 513 g/mol. The van der Waals surface area contributed by atoms with Crippen molar-refractivity contribution >= 4 is 40.7 Å². The average Bonchev–Trinajstić information content (AvgIpc) is 3.15. The van der Waals surface area contributed by atoms with Gasteiger partial charge in [-0.1, -0.05) is 18.5 Å². The van der Waals surface area contributed by atoms with Gasteiger partial charge in [-0.2, -0.15) is 0 Å². The van der Waals surface area contributed by atoms with E-state index in [4.69, 9.17) is 21.4 Å². The van der Waals surface area contributed by atoms with Crippen molar-refractivity contribution in [1.29, 1.82) is 0 Å². The number of hydrogen-bond donors (Lipinski definition) is 2. The van der Waals surface area contributed by atoms with Gasteiger partial charge in [-0.05, 0) is 48.9 Å². The molecular weight excluding hydrogens is 484 g/mol. The molecule has 0 aliphatic carbocycles. The van der Waals surface area contributed by atoms with Crippen molar-refractivity contribution in [3.63, 3.8) is 0 Å². The number of carbonyl (C=O) groups excluding carboxylic acids is 3. The molecular formula is C26H29ClN4O5. The van der Waals surface area contributed by atoms with E-state index in [1.807, 2.05) is 30.0 Å². The van der Waals surface area contributed by atoms with Crippen LogP contribution in [0.5, 0.6) is 5.75 Å². The van der Waals surface area contributed by atoms with E-state index in [-0.39, 0.29) is 24.8 Å². The van der Waals surface area contributed by atoms with E-state index in [1.54, 1.807) is 24.3 Å². The van der Waals surface area contributed by atoms with Crippen molar-refractivity contribution in [3.8, 4) is 5.75 Å². The van der Waals surface area contributed by atoms with E-state index in [2.05, 4.69) is 10.2 Å². The van der Waals surface area contributed by atoms with Gasteiger partial charge in [0, 0.05) is 43.5 Å². The quantitative estimate of drug-likeness (QED) is 0.498. The van der Waals surface area contributed by atoms with Crippen LogP contribution in [0.2, 0.25) is 5.02 Å². The predicted molar refractivity (Wildman–Crippen MR) is 137 cm³/mol. The third-order valence-corrected chi connectivity index (χ3v) is 6.34. The number of rotatable bonds is 9. The summed E-state index contributed by atoms with van der Waals surface area (Å²) in [7, 11) is 0. The van der Waals surface area contributed by atoms with Crippen LogP contribution in [0.1, 0.15) is 23.7 Å². The van der Waals surface area contributed by atoms with E-state index in [0.717, 1.165) is 22.8 Å². The lowest BCUT2D eigenvalue weighted by Crippen LogP contribution is -2.48. The Bertz CT molecular complexity index is 1160. The van der Waals surface area contributed by atoms with Gasteiger partial charge in [0.1, 0.15) is 11.4 Å². The van der Waals surface area contributed by atoms with Gasteiger partial charge in [-0.15, -0.1) is 0 Å². The van der Waals surface area contributed by atoms with Crippen LogP contribution < -0.4 is 15.0 Å². The maximum absolute atomic E-state index is 12.9. The molecule has 0 saturated carbocycles. The standard InChI is InChI=1S/C26H29ClN4O5/c1-2-15-36-20-6-3-18(4-7-20)25(34)30-11-9-29(10-12-30)23-8-5-19(16-21(23)27)28-22-17-24(33)31(13-14-32)26(22)35/h3-8,16-17,28,32H,2,9-15H2,1H3. The molecule has 4 rings (SSSR count). The SMILES string of the molecule is CCCOc1ccc(C(=O)N2CCN(c3ccc(NC4=CC(=O)N(CCO)C4=O)cc3Cl)CC2)cc1. The molecule has 2 N–H and O–H groups in total. The maximum Gasteiger partial charge on any atom is 0.277 e. The Balaban J connectivity index is 1.34. The van der Waals surface area contributed by atoms with E-state index in [9.17, 15) is 14.4 Å². The first-order valence-electron chi connectivity index (χ1n) is 11.9. The molecule has 2 aromatic rings. The van der Waals surface area contributed by atoms with E-state index < -0.39 is 11.8 Å². The van der Waals surface area contributed by atoms with Crippen LogP contribution in [0, 0.1) is 0 Å². The zero-order valence-electron chi connectivity index (χ0n) is 20.1. The maximum atomic E-state index is 12.9. The number of hydrogen-bond acceptors (Lipinski definition) is 7. The molecule has 3 amide bonds. The number of aliphatic hydroxyl groups excluding tert-OH is 1. The first-order valence-corrected chi connectivity index (χ1v) is 12.3. The number of aliphatic hydroxyl groups is 1. The first-order chi connectivity index (χ1) is 17.4. The Kier molecular flexibility index (Phi) is 8.12. The summed E-state index contributed by atoms with van der Waals surface area (Å²) in [6.45, 7) is 4.73. The van der Waals surface area contributed by atoms with Crippen molar-refractivity contribution in [2.75, 3.05) is 56.2 Å². The van der Waals surface area contributed by atoms with Crippen LogP contribution in [-0.4, -0.2) is 78.6 Å². The Labute approximate surface area is 214 Å². The number of imide groups is 1. The summed E-state index contributed by atoms with van der Waals surface area (Å²) < 4.78 is 5.59. The van der Waals surface area contributed by atoms with Crippen molar-refractivity contribution in [1.82, 2.24) is 9.80 Å². The largest absolute Gasteiger partial charge is 0.494 e. The van der Waals surface area contributed by atoms with Crippen molar-refractivity contribution in [3.05, 3.63) is 64.8 Å². The van der Waals surface area contributed by atoms with Gasteiger partial charge in [0.2, 0.25) is 0 Å². The minimum absolute atomic E-state index is 0.0124. The molecule has 2 aliphatic heterocycles. The number of halogens is 1. The molecule has 1 fully saturated rings. The number of nitrogens with zero attached hydrogens (tertiary/aromatic N) is 3. The predicted octanol–water partition coefficient (Wildman–Crippen LogP) is 2.75. The summed E-state index contributed by atoms with van der Waals surface area (Å²) in [6, 6.07) is 12.6. The number of benzene rings is 2. The number of carbonyl (C=O) groups is 3. The summed E-state index contributed by atoms with van der Waals surface area (Å²) in [5, 5.41) is 12.5. The highest BCUT2D eigenvalue weighted by atomic mass is 35.5. The lowest BCUT2D eigenvalue weighted by molar-refractivity contribution is -0.137. The van der Waals surface area contributed by atoms with Crippen LogP contribution >= 0.6 is 11.6 Å². The monoisotopic (exact) mass is 512 g/mol. The molecule has 0 unspecified atom stereocenters.